The van der Waals surface area contributed by atoms with Crippen LogP contribution >= 0.6 is 11.3 Å². The Morgan fingerprint density at radius 1 is 1.33 bits per heavy atom. The fraction of sp³-hybridized carbons (Fsp3) is 0.467. The number of hydrogen-bond acceptors (Lipinski definition) is 6. The Bertz CT molecular complexity index is 567. The first-order valence-corrected chi connectivity index (χ1v) is 7.99. The zero-order chi connectivity index (χ0) is 15.4. The molecular formula is C15H23N5S. The van der Waals surface area contributed by atoms with Gasteiger partial charge in [0.1, 0.15) is 18.0 Å². The molecule has 3 N–H and O–H groups in total. The molecular weight excluding hydrogens is 282 g/mol. The lowest BCUT2D eigenvalue weighted by Gasteiger charge is -2.29. The predicted molar refractivity (Wildman–Crippen MR) is 89.8 cm³/mol. The second-order valence-corrected chi connectivity index (χ2v) is 6.53. The molecule has 0 bridgehead atoms. The van der Waals surface area contributed by atoms with Crippen LogP contribution in [0.15, 0.2) is 23.8 Å². The van der Waals surface area contributed by atoms with Crippen LogP contribution in [0.3, 0.4) is 0 Å². The molecule has 5 nitrogen and oxygen atoms in total. The maximum atomic E-state index is 5.59. The van der Waals surface area contributed by atoms with Crippen LogP contribution in [0, 0.1) is 0 Å². The van der Waals surface area contributed by atoms with E-state index in [0.717, 1.165) is 17.8 Å². The van der Waals surface area contributed by atoms with E-state index in [1.54, 1.807) is 17.7 Å². The number of hydrazine groups is 1. The molecule has 2 rings (SSSR count). The highest BCUT2D eigenvalue weighted by atomic mass is 32.1. The lowest BCUT2D eigenvalue weighted by Crippen LogP contribution is -2.32. The van der Waals surface area contributed by atoms with Crippen molar-refractivity contribution >= 4 is 23.0 Å². The number of aromatic nitrogens is 2. The molecule has 0 radical (unpaired) electrons. The van der Waals surface area contributed by atoms with Gasteiger partial charge in [0.15, 0.2) is 0 Å². The maximum absolute atomic E-state index is 5.59. The highest BCUT2D eigenvalue weighted by Gasteiger charge is 2.20. The molecule has 114 valence electrons. The first-order valence-electron chi connectivity index (χ1n) is 7.11. The number of hydrogen-bond donors (Lipinski definition) is 2. The molecule has 0 amide bonds. The van der Waals surface area contributed by atoms with Gasteiger partial charge in [0.05, 0.1) is 0 Å². The summed E-state index contributed by atoms with van der Waals surface area (Å²) in [5.41, 5.74) is 3.74. The third kappa shape index (κ3) is 3.51. The van der Waals surface area contributed by atoms with Crippen LogP contribution in [0.4, 0.5) is 11.6 Å². The standard InChI is InChI=1S/C15H23N5S/c1-10(2)13-14(19-16)17-9-18-15(13)20(4)11(3)8-12-6-5-7-21-12/h5-7,9-11H,8,16H2,1-4H3,(H,17,18,19). The Kier molecular flexibility index (Phi) is 5.14. The van der Waals surface area contributed by atoms with Crippen LogP contribution in [0.2, 0.25) is 0 Å². The molecule has 1 atom stereocenters. The molecule has 2 heterocycles. The summed E-state index contributed by atoms with van der Waals surface area (Å²) in [5, 5.41) is 2.11. The lowest BCUT2D eigenvalue weighted by molar-refractivity contribution is 0.670. The van der Waals surface area contributed by atoms with E-state index in [9.17, 15) is 0 Å². The zero-order valence-corrected chi connectivity index (χ0v) is 13.8. The number of rotatable bonds is 6. The smallest absolute Gasteiger partial charge is 0.148 e. The quantitative estimate of drug-likeness (QED) is 0.634. The van der Waals surface area contributed by atoms with Crippen LogP contribution in [-0.2, 0) is 6.42 Å². The molecule has 0 saturated carbocycles. The molecule has 6 heteroatoms. The van der Waals surface area contributed by atoms with Crippen molar-refractivity contribution in [2.45, 2.75) is 39.2 Å². The third-order valence-corrected chi connectivity index (χ3v) is 4.55. The van der Waals surface area contributed by atoms with Crippen molar-refractivity contribution in [3.8, 4) is 0 Å². The molecule has 2 aromatic rings. The van der Waals surface area contributed by atoms with Gasteiger partial charge in [-0.05, 0) is 24.3 Å². The van der Waals surface area contributed by atoms with Gasteiger partial charge in [0.25, 0.3) is 0 Å². The summed E-state index contributed by atoms with van der Waals surface area (Å²) in [7, 11) is 2.08. The van der Waals surface area contributed by atoms with Crippen molar-refractivity contribution < 1.29 is 0 Å². The van der Waals surface area contributed by atoms with Gasteiger partial charge in [-0.1, -0.05) is 19.9 Å². The van der Waals surface area contributed by atoms with E-state index < -0.39 is 0 Å². The summed E-state index contributed by atoms with van der Waals surface area (Å²) in [4.78, 5) is 12.3. The number of thiophene rings is 1. The number of likely N-dealkylation sites (N-methyl/N-ethyl adjacent to an activating group) is 1. The molecule has 0 saturated heterocycles. The van der Waals surface area contributed by atoms with E-state index in [1.807, 2.05) is 0 Å². The van der Waals surface area contributed by atoms with E-state index in [0.29, 0.717) is 17.8 Å². The first-order chi connectivity index (χ1) is 10.0. The number of nitrogens with zero attached hydrogens (tertiary/aromatic N) is 3. The van der Waals surface area contributed by atoms with Crippen LogP contribution in [0.5, 0.6) is 0 Å². The van der Waals surface area contributed by atoms with E-state index in [1.165, 1.54) is 4.88 Å². The van der Waals surface area contributed by atoms with Crippen molar-refractivity contribution in [1.29, 1.82) is 0 Å². The molecule has 1 unspecified atom stereocenters. The minimum atomic E-state index is 0.295. The van der Waals surface area contributed by atoms with Gasteiger partial charge < -0.3 is 10.3 Å². The summed E-state index contributed by atoms with van der Waals surface area (Å²) in [6, 6.07) is 4.61. The molecule has 0 aliphatic rings. The van der Waals surface area contributed by atoms with Gasteiger partial charge in [-0.2, -0.15) is 0 Å². The monoisotopic (exact) mass is 305 g/mol. The second kappa shape index (κ2) is 6.87. The largest absolute Gasteiger partial charge is 0.356 e. The Morgan fingerprint density at radius 3 is 2.67 bits per heavy atom. The van der Waals surface area contributed by atoms with Crippen LogP contribution in [0.1, 0.15) is 37.1 Å². The van der Waals surface area contributed by atoms with E-state index in [4.69, 9.17) is 5.84 Å². The summed E-state index contributed by atoms with van der Waals surface area (Å²) in [6.07, 6.45) is 2.56. The van der Waals surface area contributed by atoms with Crippen molar-refractivity contribution in [1.82, 2.24) is 9.97 Å². The van der Waals surface area contributed by atoms with Crippen molar-refractivity contribution in [3.63, 3.8) is 0 Å². The Labute approximate surface area is 130 Å². The molecule has 21 heavy (non-hydrogen) atoms. The van der Waals surface area contributed by atoms with Gasteiger partial charge in [0, 0.05) is 30.0 Å². The highest BCUT2D eigenvalue weighted by Crippen LogP contribution is 2.31. The third-order valence-electron chi connectivity index (χ3n) is 3.65. The second-order valence-electron chi connectivity index (χ2n) is 5.50. The number of nitrogens with two attached hydrogens (primary N) is 1. The summed E-state index contributed by atoms with van der Waals surface area (Å²) in [5.74, 6) is 7.52. The molecule has 2 aromatic heterocycles. The summed E-state index contributed by atoms with van der Waals surface area (Å²) < 4.78 is 0. The van der Waals surface area contributed by atoms with E-state index in [-0.39, 0.29) is 0 Å². The number of nitrogen functional groups attached to an aromatic ring is 1. The van der Waals surface area contributed by atoms with Crippen molar-refractivity contribution in [3.05, 3.63) is 34.3 Å². The molecule has 0 spiro atoms. The fourth-order valence-electron chi connectivity index (χ4n) is 2.38. The first kappa shape index (κ1) is 15.7. The average Bonchev–Trinajstić information content (AvgIpc) is 2.98. The molecule has 0 aliphatic carbocycles. The Hall–Kier alpha value is -1.66. The van der Waals surface area contributed by atoms with E-state index in [2.05, 4.69) is 65.6 Å². The lowest BCUT2D eigenvalue weighted by atomic mass is 10.0. The zero-order valence-electron chi connectivity index (χ0n) is 13.0. The number of anilines is 2. The van der Waals surface area contributed by atoms with Crippen molar-refractivity contribution in [2.75, 3.05) is 17.4 Å². The molecule has 0 aromatic carbocycles. The predicted octanol–water partition coefficient (Wildman–Crippen LogP) is 3.01. The van der Waals surface area contributed by atoms with Crippen LogP contribution in [0.25, 0.3) is 0 Å². The number of nitrogens with one attached hydrogen (secondary N) is 1. The average molecular weight is 305 g/mol. The van der Waals surface area contributed by atoms with Gasteiger partial charge in [0.2, 0.25) is 0 Å². The fourth-order valence-corrected chi connectivity index (χ4v) is 3.21. The van der Waals surface area contributed by atoms with Crippen LogP contribution in [-0.4, -0.2) is 23.1 Å². The molecule has 0 fully saturated rings. The van der Waals surface area contributed by atoms with Gasteiger partial charge in [-0.3, -0.25) is 0 Å². The Balaban J connectivity index is 2.27. The van der Waals surface area contributed by atoms with Crippen molar-refractivity contribution in [2.24, 2.45) is 5.84 Å². The van der Waals surface area contributed by atoms with Gasteiger partial charge in [-0.15, -0.1) is 11.3 Å². The minimum absolute atomic E-state index is 0.295. The van der Waals surface area contributed by atoms with Gasteiger partial charge >= 0.3 is 0 Å². The van der Waals surface area contributed by atoms with E-state index >= 15 is 0 Å². The Morgan fingerprint density at radius 2 is 2.10 bits per heavy atom. The summed E-state index contributed by atoms with van der Waals surface area (Å²) >= 11 is 1.79. The highest BCUT2D eigenvalue weighted by molar-refractivity contribution is 7.09. The topological polar surface area (TPSA) is 67.1 Å². The SMILES string of the molecule is CC(C)c1c(NN)ncnc1N(C)C(C)Cc1cccs1. The maximum Gasteiger partial charge on any atom is 0.148 e. The summed E-state index contributed by atoms with van der Waals surface area (Å²) in [6.45, 7) is 6.46. The molecule has 0 aliphatic heterocycles. The van der Waals surface area contributed by atoms with Crippen LogP contribution < -0.4 is 16.2 Å². The minimum Gasteiger partial charge on any atom is -0.356 e. The van der Waals surface area contributed by atoms with Gasteiger partial charge in [-0.25, -0.2) is 15.8 Å². The normalized spacial score (nSPS) is 12.5.